The van der Waals surface area contributed by atoms with Crippen LogP contribution in [0.2, 0.25) is 0 Å². The molecule has 3 rings (SSSR count). The fourth-order valence-electron chi connectivity index (χ4n) is 3.91. The van der Waals surface area contributed by atoms with E-state index < -0.39 is 98.4 Å². The monoisotopic (exact) mass is 486 g/mol. The second-order valence-electron chi connectivity index (χ2n) is 8.24. The Balaban J connectivity index is 1.72. The van der Waals surface area contributed by atoms with Crippen molar-refractivity contribution in [3.8, 4) is 0 Å². The quantitative estimate of drug-likeness (QED) is 0.170. The first-order valence-electron chi connectivity index (χ1n) is 10.3. The zero-order valence-corrected chi connectivity index (χ0v) is 17.5. The molecule has 3 aliphatic rings. The van der Waals surface area contributed by atoms with Gasteiger partial charge in [0.05, 0.1) is 19.3 Å². The molecule has 0 unspecified atom stereocenters. The Labute approximate surface area is 187 Å². The van der Waals surface area contributed by atoms with E-state index in [-0.39, 0.29) is 6.61 Å². The van der Waals surface area contributed by atoms with Crippen molar-refractivity contribution in [3.63, 3.8) is 0 Å². The van der Waals surface area contributed by atoms with E-state index >= 15 is 0 Å². The molecular formula is C18H30O15. The fourth-order valence-corrected chi connectivity index (χ4v) is 3.91. The Morgan fingerprint density at radius 1 is 0.818 bits per heavy atom. The van der Waals surface area contributed by atoms with Crippen molar-refractivity contribution in [2.75, 3.05) is 13.2 Å². The zero-order valence-electron chi connectivity index (χ0n) is 17.5. The maximum atomic E-state index is 11.3. The van der Waals surface area contributed by atoms with Crippen LogP contribution in [0, 0.1) is 0 Å². The van der Waals surface area contributed by atoms with Crippen molar-refractivity contribution in [1.29, 1.82) is 0 Å². The highest BCUT2D eigenvalue weighted by Crippen LogP contribution is 2.30. The number of rotatable bonds is 6. The molecule has 15 nitrogen and oxygen atoms in total. The third-order valence-corrected chi connectivity index (χ3v) is 5.96. The second kappa shape index (κ2) is 10.7. The predicted molar refractivity (Wildman–Crippen MR) is 99.3 cm³/mol. The Bertz CT molecular complexity index is 665. The maximum Gasteiger partial charge on any atom is 0.335 e. The lowest BCUT2D eigenvalue weighted by atomic mass is 9.97. The van der Waals surface area contributed by atoms with Gasteiger partial charge in [0, 0.05) is 0 Å². The Morgan fingerprint density at radius 3 is 1.97 bits per heavy atom. The summed E-state index contributed by atoms with van der Waals surface area (Å²) in [7, 11) is 0. The summed E-state index contributed by atoms with van der Waals surface area (Å²) in [6, 6.07) is 0. The smallest absolute Gasteiger partial charge is 0.335 e. The number of ether oxygens (including phenoxy) is 5. The molecule has 14 atom stereocenters. The second-order valence-corrected chi connectivity index (χ2v) is 8.24. The molecule has 3 aliphatic heterocycles. The van der Waals surface area contributed by atoms with Crippen LogP contribution in [0.25, 0.3) is 0 Å². The lowest BCUT2D eigenvalue weighted by Crippen LogP contribution is -2.64. The highest BCUT2D eigenvalue weighted by molar-refractivity contribution is 5.73. The third kappa shape index (κ3) is 5.30. The topological polar surface area (TPSA) is 245 Å². The molecule has 0 radical (unpaired) electrons. The Hall–Kier alpha value is -1.05. The van der Waals surface area contributed by atoms with Gasteiger partial charge in [0.2, 0.25) is 0 Å². The number of aliphatic carboxylic acids is 1. The van der Waals surface area contributed by atoms with Crippen molar-refractivity contribution < 1.29 is 74.4 Å². The van der Waals surface area contributed by atoms with E-state index in [0.717, 1.165) is 0 Å². The van der Waals surface area contributed by atoms with Gasteiger partial charge in [-0.05, 0) is 6.92 Å². The number of carbonyl (C=O) groups is 1. The molecular weight excluding hydrogens is 456 g/mol. The average Bonchev–Trinajstić information content (AvgIpc) is 2.78. The summed E-state index contributed by atoms with van der Waals surface area (Å²) in [6.07, 6.45) is -22.1. The minimum atomic E-state index is -1.94. The average molecular weight is 486 g/mol. The van der Waals surface area contributed by atoms with E-state index in [2.05, 4.69) is 0 Å². The summed E-state index contributed by atoms with van der Waals surface area (Å²) in [5.74, 6) is -1.62. The Kier molecular flexibility index (Phi) is 8.61. The summed E-state index contributed by atoms with van der Waals surface area (Å²) in [5.41, 5.74) is 0. The SMILES string of the molecule is C[C@@H]1O[C@@H](O[C@H]2[C@H](O)[C@H](O[C@H]3O[C@H](C(=O)O)[C@@H](O)[C@H](O)[C@H]3O)CO[C@@H]2CO)[C@H](O)[C@H](O)[C@H]1O. The van der Waals surface area contributed by atoms with E-state index in [9.17, 15) is 45.6 Å². The lowest BCUT2D eigenvalue weighted by molar-refractivity contribution is -0.351. The molecule has 3 fully saturated rings. The first kappa shape index (κ1) is 26.6. The van der Waals surface area contributed by atoms with Gasteiger partial charge >= 0.3 is 5.97 Å². The molecule has 3 saturated heterocycles. The molecule has 192 valence electrons. The fraction of sp³-hybridized carbons (Fsp3) is 0.944. The molecule has 3 heterocycles. The highest BCUT2D eigenvalue weighted by atomic mass is 16.7. The number of aliphatic hydroxyl groups excluding tert-OH is 8. The van der Waals surface area contributed by atoms with Gasteiger partial charge in [-0.25, -0.2) is 4.79 Å². The molecule has 0 saturated carbocycles. The summed E-state index contributed by atoms with van der Waals surface area (Å²) < 4.78 is 26.7. The van der Waals surface area contributed by atoms with Gasteiger partial charge in [0.25, 0.3) is 0 Å². The van der Waals surface area contributed by atoms with Crippen molar-refractivity contribution in [2.45, 2.75) is 92.8 Å². The van der Waals surface area contributed by atoms with Crippen LogP contribution in [-0.2, 0) is 28.5 Å². The van der Waals surface area contributed by atoms with Crippen LogP contribution < -0.4 is 0 Å². The third-order valence-electron chi connectivity index (χ3n) is 5.96. The van der Waals surface area contributed by atoms with Gasteiger partial charge in [-0.1, -0.05) is 0 Å². The molecule has 0 aromatic heterocycles. The molecule has 0 spiro atoms. The van der Waals surface area contributed by atoms with Crippen LogP contribution in [0.5, 0.6) is 0 Å². The molecule has 0 amide bonds. The molecule has 33 heavy (non-hydrogen) atoms. The minimum Gasteiger partial charge on any atom is -0.479 e. The number of aliphatic hydroxyl groups is 8. The molecule has 0 bridgehead atoms. The van der Waals surface area contributed by atoms with Crippen molar-refractivity contribution >= 4 is 5.97 Å². The van der Waals surface area contributed by atoms with Gasteiger partial charge in [-0.15, -0.1) is 0 Å². The molecule has 9 N–H and O–H groups in total. The van der Waals surface area contributed by atoms with E-state index in [0.29, 0.717) is 0 Å². The van der Waals surface area contributed by atoms with E-state index in [1.165, 1.54) is 6.92 Å². The normalized spacial score (nSPS) is 51.3. The summed E-state index contributed by atoms with van der Waals surface area (Å²) in [6.45, 7) is 0.410. The summed E-state index contributed by atoms with van der Waals surface area (Å²) in [4.78, 5) is 11.3. The highest BCUT2D eigenvalue weighted by Gasteiger charge is 2.51. The van der Waals surface area contributed by atoms with Gasteiger partial charge in [0.1, 0.15) is 61.0 Å². The summed E-state index contributed by atoms with van der Waals surface area (Å²) in [5, 5.41) is 89.2. The number of hydrogen-bond acceptors (Lipinski definition) is 14. The van der Waals surface area contributed by atoms with Gasteiger partial charge in [0.15, 0.2) is 18.7 Å². The number of hydrogen-bond donors (Lipinski definition) is 9. The van der Waals surface area contributed by atoms with Gasteiger partial charge in [-0.3, -0.25) is 0 Å². The molecule has 0 aliphatic carbocycles. The van der Waals surface area contributed by atoms with Gasteiger partial charge < -0.3 is 69.6 Å². The molecule has 0 aromatic carbocycles. The molecule has 15 heteroatoms. The maximum absolute atomic E-state index is 11.3. The van der Waals surface area contributed by atoms with Crippen molar-refractivity contribution in [1.82, 2.24) is 0 Å². The number of carboxylic acid groups (broad SMARTS) is 1. The standard InChI is InChI=1S/C18H30O15/c1-4-7(20)9(22)12(25)17(30-4)32-14-5(2-19)29-3-6(8(14)21)31-18-13(26)10(23)11(24)15(33-18)16(27)28/h4-15,17-26H,2-3H2,1H3,(H,27,28)/t4-,5+,6+,7-,8+,9+,10-,11-,12+,13+,14+,15-,17-,18-/m0/s1. The molecule has 0 aromatic rings. The van der Waals surface area contributed by atoms with Crippen LogP contribution in [0.1, 0.15) is 6.92 Å². The van der Waals surface area contributed by atoms with Crippen LogP contribution in [0.4, 0.5) is 0 Å². The predicted octanol–water partition coefficient (Wildman–Crippen LogP) is -5.77. The van der Waals surface area contributed by atoms with Crippen molar-refractivity contribution in [3.05, 3.63) is 0 Å². The van der Waals surface area contributed by atoms with Crippen LogP contribution in [0.15, 0.2) is 0 Å². The minimum absolute atomic E-state index is 0.374. The van der Waals surface area contributed by atoms with Crippen LogP contribution in [-0.4, -0.2) is 151 Å². The van der Waals surface area contributed by atoms with E-state index in [1.54, 1.807) is 0 Å². The zero-order chi connectivity index (χ0) is 24.6. The van der Waals surface area contributed by atoms with Gasteiger partial charge in [-0.2, -0.15) is 0 Å². The largest absolute Gasteiger partial charge is 0.479 e. The van der Waals surface area contributed by atoms with Crippen LogP contribution in [0.3, 0.4) is 0 Å². The summed E-state index contributed by atoms with van der Waals surface area (Å²) >= 11 is 0. The first-order chi connectivity index (χ1) is 15.5. The number of carboxylic acids is 1. The Morgan fingerprint density at radius 2 is 1.39 bits per heavy atom. The van der Waals surface area contributed by atoms with Crippen molar-refractivity contribution in [2.24, 2.45) is 0 Å². The van der Waals surface area contributed by atoms with E-state index in [1.807, 2.05) is 0 Å². The van der Waals surface area contributed by atoms with Crippen LogP contribution >= 0.6 is 0 Å². The lowest BCUT2D eigenvalue weighted by Gasteiger charge is -2.46. The first-order valence-corrected chi connectivity index (χ1v) is 10.3. The van der Waals surface area contributed by atoms with E-state index in [4.69, 9.17) is 28.8 Å².